The van der Waals surface area contributed by atoms with Crippen LogP contribution in [-0.4, -0.2) is 23.2 Å². The molecule has 3 rings (SSSR count). The van der Waals surface area contributed by atoms with Crippen molar-refractivity contribution in [2.24, 2.45) is 0 Å². The van der Waals surface area contributed by atoms with Crippen molar-refractivity contribution < 1.29 is 8.42 Å². The Bertz CT molecular complexity index is 755. The topological polar surface area (TPSA) is 64.0 Å². The van der Waals surface area contributed by atoms with Gasteiger partial charge in [-0.25, -0.2) is 13.4 Å². The van der Waals surface area contributed by atoms with E-state index in [4.69, 9.17) is 0 Å². The summed E-state index contributed by atoms with van der Waals surface area (Å²) in [4.78, 5) is 4.68. The van der Waals surface area contributed by atoms with Gasteiger partial charge >= 0.3 is 0 Å². The van der Waals surface area contributed by atoms with E-state index in [2.05, 4.69) is 14.3 Å². The first kappa shape index (κ1) is 15.1. The zero-order valence-corrected chi connectivity index (χ0v) is 13.7. The molecule has 0 saturated carbocycles. The fourth-order valence-electron chi connectivity index (χ4n) is 2.61. The van der Waals surface area contributed by atoms with Crippen LogP contribution in [0.1, 0.15) is 32.5 Å². The van der Waals surface area contributed by atoms with Crippen molar-refractivity contribution >= 4 is 15.7 Å². The highest BCUT2D eigenvalue weighted by Crippen LogP contribution is 2.29. The number of imidazole rings is 1. The second-order valence-electron chi connectivity index (χ2n) is 5.93. The number of hydrogen-bond donors (Lipinski definition) is 1. The van der Waals surface area contributed by atoms with Gasteiger partial charge in [-0.3, -0.25) is 4.72 Å². The van der Waals surface area contributed by atoms with Crippen LogP contribution in [0, 0.1) is 0 Å². The van der Waals surface area contributed by atoms with E-state index in [1.165, 1.54) is 6.42 Å². The number of nitrogens with zero attached hydrogens (tertiary/aromatic N) is 2. The van der Waals surface area contributed by atoms with E-state index in [0.717, 1.165) is 36.5 Å². The summed E-state index contributed by atoms with van der Waals surface area (Å²) < 4.78 is 29.1. The van der Waals surface area contributed by atoms with Gasteiger partial charge in [0.25, 0.3) is 0 Å². The Labute approximate surface area is 131 Å². The summed E-state index contributed by atoms with van der Waals surface area (Å²) in [5.41, 5.74) is 2.25. The van der Waals surface area contributed by atoms with E-state index in [1.54, 1.807) is 19.9 Å². The SMILES string of the molecule is CC(C)S(=O)(=O)Nc1ccccc1-c1cn2c(n1)CCCC2. The maximum absolute atomic E-state index is 12.1. The molecule has 0 unspecified atom stereocenters. The van der Waals surface area contributed by atoms with Crippen LogP contribution in [0.15, 0.2) is 30.5 Å². The molecule has 1 aromatic heterocycles. The molecule has 0 amide bonds. The van der Waals surface area contributed by atoms with Crippen LogP contribution in [0.3, 0.4) is 0 Å². The highest BCUT2D eigenvalue weighted by molar-refractivity contribution is 7.93. The van der Waals surface area contributed by atoms with E-state index in [9.17, 15) is 8.42 Å². The predicted molar refractivity (Wildman–Crippen MR) is 88.3 cm³/mol. The molecule has 0 bridgehead atoms. The van der Waals surface area contributed by atoms with Gasteiger partial charge in [0.05, 0.1) is 16.6 Å². The van der Waals surface area contributed by atoms with Gasteiger partial charge in [-0.1, -0.05) is 18.2 Å². The molecule has 1 aromatic carbocycles. The van der Waals surface area contributed by atoms with Crippen LogP contribution >= 0.6 is 0 Å². The Morgan fingerprint density at radius 2 is 2.00 bits per heavy atom. The van der Waals surface area contributed by atoms with Crippen molar-refractivity contribution in [3.05, 3.63) is 36.3 Å². The first-order valence-corrected chi connectivity index (χ1v) is 9.19. The summed E-state index contributed by atoms with van der Waals surface area (Å²) in [5.74, 6) is 1.09. The number of benzene rings is 1. The Balaban J connectivity index is 2.00. The van der Waals surface area contributed by atoms with Gasteiger partial charge in [0, 0.05) is 24.7 Å². The van der Waals surface area contributed by atoms with Crippen molar-refractivity contribution in [1.29, 1.82) is 0 Å². The zero-order valence-electron chi connectivity index (χ0n) is 12.9. The van der Waals surface area contributed by atoms with Crippen LogP contribution in [-0.2, 0) is 23.0 Å². The number of aromatic nitrogens is 2. The third-order valence-electron chi connectivity index (χ3n) is 3.98. The summed E-state index contributed by atoms with van der Waals surface area (Å²) in [7, 11) is -3.37. The molecule has 5 nitrogen and oxygen atoms in total. The molecule has 1 aliphatic rings. The number of para-hydroxylation sites is 1. The normalized spacial score (nSPS) is 14.9. The maximum Gasteiger partial charge on any atom is 0.235 e. The van der Waals surface area contributed by atoms with E-state index in [-0.39, 0.29) is 0 Å². The number of rotatable bonds is 4. The molecule has 0 fully saturated rings. The summed E-state index contributed by atoms with van der Waals surface area (Å²) in [6, 6.07) is 7.43. The molecule has 0 atom stereocenters. The second-order valence-corrected chi connectivity index (χ2v) is 8.17. The van der Waals surface area contributed by atoms with Gasteiger partial charge in [-0.15, -0.1) is 0 Å². The Kier molecular flexibility index (Phi) is 3.95. The van der Waals surface area contributed by atoms with Crippen LogP contribution < -0.4 is 4.72 Å². The predicted octanol–water partition coefficient (Wildman–Crippen LogP) is 3.04. The molecule has 0 aliphatic carbocycles. The quantitative estimate of drug-likeness (QED) is 0.942. The van der Waals surface area contributed by atoms with Crippen molar-refractivity contribution in [3.63, 3.8) is 0 Å². The zero-order chi connectivity index (χ0) is 15.7. The van der Waals surface area contributed by atoms with Crippen molar-refractivity contribution in [2.75, 3.05) is 4.72 Å². The average Bonchev–Trinajstić information content (AvgIpc) is 2.91. The molecule has 22 heavy (non-hydrogen) atoms. The number of sulfonamides is 1. The van der Waals surface area contributed by atoms with Gasteiger partial charge < -0.3 is 4.57 Å². The standard InChI is InChI=1S/C16H21N3O2S/c1-12(2)22(20,21)18-14-8-4-3-7-13(14)15-11-19-10-6-5-9-16(19)17-15/h3-4,7-8,11-12,18H,5-6,9-10H2,1-2H3. The van der Waals surface area contributed by atoms with Crippen molar-refractivity contribution in [2.45, 2.75) is 44.9 Å². The number of hydrogen-bond acceptors (Lipinski definition) is 3. The lowest BCUT2D eigenvalue weighted by molar-refractivity contribution is 0.522. The van der Waals surface area contributed by atoms with Gasteiger partial charge in [-0.2, -0.15) is 0 Å². The molecule has 118 valence electrons. The summed E-state index contributed by atoms with van der Waals surface area (Å²) in [6.07, 6.45) is 5.35. The van der Waals surface area contributed by atoms with E-state index in [1.807, 2.05) is 24.4 Å². The molecule has 2 heterocycles. The highest BCUT2D eigenvalue weighted by atomic mass is 32.2. The lowest BCUT2D eigenvalue weighted by Crippen LogP contribution is -2.22. The number of fused-ring (bicyclic) bond motifs is 1. The Morgan fingerprint density at radius 1 is 1.23 bits per heavy atom. The van der Waals surface area contributed by atoms with E-state index >= 15 is 0 Å². The minimum Gasteiger partial charge on any atom is -0.334 e. The monoisotopic (exact) mass is 319 g/mol. The van der Waals surface area contributed by atoms with Gasteiger partial charge in [0.1, 0.15) is 5.82 Å². The third kappa shape index (κ3) is 2.88. The molecule has 1 aliphatic heterocycles. The number of nitrogens with one attached hydrogen (secondary N) is 1. The van der Waals surface area contributed by atoms with Gasteiger partial charge in [-0.05, 0) is 32.8 Å². The average molecular weight is 319 g/mol. The third-order valence-corrected chi connectivity index (χ3v) is 5.73. The smallest absolute Gasteiger partial charge is 0.235 e. The molecule has 0 spiro atoms. The highest BCUT2D eigenvalue weighted by Gasteiger charge is 2.19. The number of aryl methyl sites for hydroxylation is 2. The largest absolute Gasteiger partial charge is 0.334 e. The Hall–Kier alpha value is -1.82. The lowest BCUT2D eigenvalue weighted by atomic mass is 10.1. The molecule has 1 N–H and O–H groups in total. The molecule has 0 saturated heterocycles. The first-order valence-electron chi connectivity index (χ1n) is 7.64. The molecule has 6 heteroatoms. The summed E-state index contributed by atoms with van der Waals surface area (Å²) in [6.45, 7) is 4.32. The summed E-state index contributed by atoms with van der Waals surface area (Å²) in [5, 5.41) is -0.476. The minimum absolute atomic E-state index is 0.476. The maximum atomic E-state index is 12.1. The fourth-order valence-corrected chi connectivity index (χ4v) is 3.33. The second kappa shape index (κ2) is 5.76. The molecular formula is C16H21N3O2S. The molecule has 0 radical (unpaired) electrons. The van der Waals surface area contributed by atoms with Crippen LogP contribution in [0.25, 0.3) is 11.3 Å². The van der Waals surface area contributed by atoms with Crippen molar-refractivity contribution in [1.82, 2.24) is 9.55 Å². The number of anilines is 1. The van der Waals surface area contributed by atoms with Crippen LogP contribution in [0.5, 0.6) is 0 Å². The summed E-state index contributed by atoms with van der Waals surface area (Å²) >= 11 is 0. The van der Waals surface area contributed by atoms with E-state index in [0.29, 0.717) is 5.69 Å². The Morgan fingerprint density at radius 3 is 2.73 bits per heavy atom. The first-order chi connectivity index (χ1) is 10.5. The van der Waals surface area contributed by atoms with Gasteiger partial charge in [0.15, 0.2) is 0 Å². The molecule has 2 aromatic rings. The lowest BCUT2D eigenvalue weighted by Gasteiger charge is -2.13. The fraction of sp³-hybridized carbons (Fsp3) is 0.438. The van der Waals surface area contributed by atoms with Gasteiger partial charge in [0.2, 0.25) is 10.0 Å². The van der Waals surface area contributed by atoms with E-state index < -0.39 is 15.3 Å². The van der Waals surface area contributed by atoms with Crippen LogP contribution in [0.2, 0.25) is 0 Å². The van der Waals surface area contributed by atoms with Crippen LogP contribution in [0.4, 0.5) is 5.69 Å². The minimum atomic E-state index is -3.37. The molecular weight excluding hydrogens is 298 g/mol. The van der Waals surface area contributed by atoms with Crippen molar-refractivity contribution in [3.8, 4) is 11.3 Å².